The van der Waals surface area contributed by atoms with E-state index in [0.717, 1.165) is 0 Å². The molecule has 3 aliphatic rings. The molecule has 0 unspecified atom stereocenters. The molecular formula is C33H34BrCl2NO6. The van der Waals surface area contributed by atoms with E-state index in [9.17, 15) is 14.4 Å². The van der Waals surface area contributed by atoms with Crippen LogP contribution < -0.4 is 14.8 Å². The molecule has 1 heterocycles. The van der Waals surface area contributed by atoms with Crippen molar-refractivity contribution in [1.82, 2.24) is 0 Å². The number of rotatable bonds is 7. The van der Waals surface area contributed by atoms with Gasteiger partial charge >= 0.3 is 0 Å². The molecule has 10 heteroatoms. The molecule has 2 aromatic carbocycles. The van der Waals surface area contributed by atoms with E-state index in [1.807, 2.05) is 13.0 Å². The van der Waals surface area contributed by atoms with E-state index < -0.39 is 11.8 Å². The fraction of sp³-hybridized carbons (Fsp3) is 0.424. The molecule has 0 saturated heterocycles. The van der Waals surface area contributed by atoms with Crippen molar-refractivity contribution in [3.8, 4) is 11.5 Å². The maximum absolute atomic E-state index is 13.7. The Kier molecular flexibility index (Phi) is 8.78. The fourth-order valence-electron chi connectivity index (χ4n) is 6.07. The summed E-state index contributed by atoms with van der Waals surface area (Å²) >= 11 is 15.6. The SMILES string of the molecule is CCOc1cc(C2C3=C(CC(C)(C)CC3=O)OC3=C2C(=O)CC(C)(C)C3)cc(Br)c1OCC(=O)Nc1ccc(Cl)c(Cl)c1. The lowest BCUT2D eigenvalue weighted by molar-refractivity contribution is -0.120. The first-order valence-electron chi connectivity index (χ1n) is 14.2. The summed E-state index contributed by atoms with van der Waals surface area (Å²) in [6, 6.07) is 8.42. The van der Waals surface area contributed by atoms with Crippen LogP contribution in [0.3, 0.4) is 0 Å². The Morgan fingerprint density at radius 2 is 1.53 bits per heavy atom. The highest BCUT2D eigenvalue weighted by Gasteiger charge is 2.48. The summed E-state index contributed by atoms with van der Waals surface area (Å²) in [7, 11) is 0. The Labute approximate surface area is 270 Å². The highest BCUT2D eigenvalue weighted by atomic mass is 79.9. The summed E-state index contributed by atoms with van der Waals surface area (Å²) in [6.45, 7) is 10.1. The lowest BCUT2D eigenvalue weighted by Crippen LogP contribution is -2.37. The van der Waals surface area contributed by atoms with Crippen molar-refractivity contribution < 1.29 is 28.6 Å². The average Bonchev–Trinajstić information content (AvgIpc) is 2.87. The summed E-state index contributed by atoms with van der Waals surface area (Å²) in [5.74, 6) is 0.968. The molecule has 43 heavy (non-hydrogen) atoms. The molecule has 228 valence electrons. The van der Waals surface area contributed by atoms with Gasteiger partial charge in [-0.15, -0.1) is 0 Å². The van der Waals surface area contributed by atoms with Crippen LogP contribution in [0.1, 0.15) is 71.8 Å². The number of ether oxygens (including phenoxy) is 3. The maximum atomic E-state index is 13.7. The molecule has 0 spiro atoms. The summed E-state index contributed by atoms with van der Waals surface area (Å²) < 4.78 is 18.8. The number of hydrogen-bond donors (Lipinski definition) is 1. The standard InChI is InChI=1S/C33H34BrCl2NO6/c1-6-41-24-10-17(9-19(34)31(24)42-16-27(40)37-18-7-8-20(35)21(36)11-18)28-29-22(38)12-32(2,3)14-25(29)43-26-15-33(4,5)13-23(39)30(26)28/h7-11,28H,6,12-16H2,1-5H3,(H,37,40). The van der Waals surface area contributed by atoms with Crippen molar-refractivity contribution in [3.05, 3.63) is 73.1 Å². The number of hydrogen-bond acceptors (Lipinski definition) is 6. The molecule has 0 atom stereocenters. The lowest BCUT2D eigenvalue weighted by Gasteiger charge is -2.42. The van der Waals surface area contributed by atoms with Crippen LogP contribution in [0.15, 0.2) is 57.5 Å². The summed E-state index contributed by atoms with van der Waals surface area (Å²) in [4.78, 5) is 40.0. The van der Waals surface area contributed by atoms with Gasteiger partial charge in [0, 0.05) is 48.4 Å². The predicted octanol–water partition coefficient (Wildman–Crippen LogP) is 8.57. The number of halogens is 3. The van der Waals surface area contributed by atoms with E-state index in [1.165, 1.54) is 0 Å². The molecule has 0 radical (unpaired) electrons. The predicted molar refractivity (Wildman–Crippen MR) is 170 cm³/mol. The number of carbonyl (C=O) groups is 3. The van der Waals surface area contributed by atoms with Gasteiger partial charge in [0.1, 0.15) is 11.5 Å². The molecule has 2 aliphatic carbocycles. The first-order chi connectivity index (χ1) is 20.2. The first-order valence-corrected chi connectivity index (χ1v) is 15.8. The Bertz CT molecular complexity index is 1540. The molecule has 0 fully saturated rings. The van der Waals surface area contributed by atoms with Gasteiger partial charge in [-0.05, 0) is 69.6 Å². The molecule has 1 amide bonds. The van der Waals surface area contributed by atoms with Gasteiger partial charge in [0.2, 0.25) is 0 Å². The van der Waals surface area contributed by atoms with E-state index in [2.05, 4.69) is 48.9 Å². The van der Waals surface area contributed by atoms with Crippen molar-refractivity contribution in [2.24, 2.45) is 10.8 Å². The van der Waals surface area contributed by atoms with E-state index in [-0.39, 0.29) is 29.0 Å². The van der Waals surface area contributed by atoms with Crippen molar-refractivity contribution in [2.75, 3.05) is 18.5 Å². The normalized spacial score (nSPS) is 19.4. The molecule has 2 aromatic rings. The van der Waals surface area contributed by atoms with E-state index >= 15 is 0 Å². The largest absolute Gasteiger partial charge is 0.490 e. The molecule has 0 bridgehead atoms. The van der Waals surface area contributed by atoms with Gasteiger partial charge in [-0.2, -0.15) is 0 Å². The molecular weight excluding hydrogens is 657 g/mol. The van der Waals surface area contributed by atoms with Gasteiger partial charge in [0.05, 0.1) is 21.1 Å². The summed E-state index contributed by atoms with van der Waals surface area (Å²) in [5, 5.41) is 3.44. The van der Waals surface area contributed by atoms with Crippen molar-refractivity contribution in [2.45, 2.75) is 66.2 Å². The summed E-state index contributed by atoms with van der Waals surface area (Å²) in [6.07, 6.45) is 1.93. The topological polar surface area (TPSA) is 90.9 Å². The quantitative estimate of drug-likeness (QED) is 0.313. The van der Waals surface area contributed by atoms with Crippen LogP contribution in [-0.2, 0) is 19.1 Å². The Morgan fingerprint density at radius 3 is 2.09 bits per heavy atom. The Hall–Kier alpha value is -2.81. The number of allylic oxidation sites excluding steroid dienone is 4. The zero-order chi connectivity index (χ0) is 31.3. The van der Waals surface area contributed by atoms with Crippen molar-refractivity contribution in [3.63, 3.8) is 0 Å². The van der Waals surface area contributed by atoms with Crippen LogP contribution in [0.2, 0.25) is 10.0 Å². The number of amides is 1. The number of Topliss-reactive ketones (excluding diaryl/α,β-unsaturated/α-hetero) is 2. The Balaban J connectivity index is 1.51. The van der Waals surface area contributed by atoms with Crippen LogP contribution in [-0.4, -0.2) is 30.7 Å². The lowest BCUT2D eigenvalue weighted by atomic mass is 9.65. The molecule has 7 nitrogen and oxygen atoms in total. The van der Waals surface area contributed by atoms with Crippen molar-refractivity contribution in [1.29, 1.82) is 0 Å². The monoisotopic (exact) mass is 689 g/mol. The zero-order valence-corrected chi connectivity index (χ0v) is 27.9. The fourth-order valence-corrected chi connectivity index (χ4v) is 6.95. The number of benzene rings is 2. The highest BCUT2D eigenvalue weighted by molar-refractivity contribution is 9.10. The number of nitrogens with one attached hydrogen (secondary N) is 1. The van der Waals surface area contributed by atoms with Gasteiger partial charge in [-0.3, -0.25) is 14.4 Å². The van der Waals surface area contributed by atoms with E-state index in [4.69, 9.17) is 37.4 Å². The minimum Gasteiger partial charge on any atom is -0.490 e. The second-order valence-electron chi connectivity index (χ2n) is 12.8. The molecule has 0 saturated carbocycles. The first kappa shape index (κ1) is 31.6. The minimum absolute atomic E-state index is 0.0196. The number of ketones is 2. The molecule has 5 rings (SSSR count). The van der Waals surface area contributed by atoms with Crippen LogP contribution >= 0.6 is 39.1 Å². The number of carbonyl (C=O) groups excluding carboxylic acids is 3. The molecule has 0 aromatic heterocycles. The summed E-state index contributed by atoms with van der Waals surface area (Å²) in [5.41, 5.74) is 1.77. The third-order valence-electron chi connectivity index (χ3n) is 7.80. The maximum Gasteiger partial charge on any atom is 0.262 e. The molecule has 1 aliphatic heterocycles. The second-order valence-corrected chi connectivity index (χ2v) is 14.5. The van der Waals surface area contributed by atoms with Gasteiger partial charge < -0.3 is 19.5 Å². The van der Waals surface area contributed by atoms with Crippen LogP contribution in [0.25, 0.3) is 0 Å². The minimum atomic E-state index is -0.589. The highest BCUT2D eigenvalue weighted by Crippen LogP contribution is 2.54. The zero-order valence-electron chi connectivity index (χ0n) is 24.8. The Morgan fingerprint density at radius 1 is 0.930 bits per heavy atom. The van der Waals surface area contributed by atoms with Gasteiger partial charge in [-0.1, -0.05) is 50.9 Å². The van der Waals surface area contributed by atoms with Gasteiger partial charge in [0.15, 0.2) is 29.7 Å². The smallest absolute Gasteiger partial charge is 0.262 e. The second kappa shape index (κ2) is 11.9. The average molecular weight is 691 g/mol. The van der Waals surface area contributed by atoms with E-state index in [0.29, 0.717) is 92.2 Å². The third kappa shape index (κ3) is 6.66. The van der Waals surface area contributed by atoms with Crippen LogP contribution in [0.5, 0.6) is 11.5 Å². The third-order valence-corrected chi connectivity index (χ3v) is 9.13. The van der Waals surface area contributed by atoms with Gasteiger partial charge in [0.25, 0.3) is 5.91 Å². The van der Waals surface area contributed by atoms with Gasteiger partial charge in [-0.25, -0.2) is 0 Å². The van der Waals surface area contributed by atoms with E-state index in [1.54, 1.807) is 24.3 Å². The number of anilines is 1. The molecule has 1 N–H and O–H groups in total. The van der Waals surface area contributed by atoms with Crippen LogP contribution in [0.4, 0.5) is 5.69 Å². The van der Waals surface area contributed by atoms with Crippen molar-refractivity contribution >= 4 is 62.3 Å². The van der Waals surface area contributed by atoms with Crippen LogP contribution in [0, 0.1) is 10.8 Å².